The molecule has 2 atom stereocenters. The van der Waals surface area contributed by atoms with Gasteiger partial charge < -0.3 is 19.9 Å². The summed E-state index contributed by atoms with van der Waals surface area (Å²) in [6.45, 7) is 6.03. The Labute approximate surface area is 224 Å². The molecule has 0 aromatic heterocycles. The number of hydrogen-bond donors (Lipinski definition) is 2. The van der Waals surface area contributed by atoms with Gasteiger partial charge >= 0.3 is 5.97 Å². The van der Waals surface area contributed by atoms with Crippen LogP contribution >= 0.6 is 27.5 Å². The molecule has 2 N–H and O–H groups in total. The minimum atomic E-state index is -0.662. The Hall–Kier alpha value is -2.77. The minimum absolute atomic E-state index is 0.00926. The molecule has 0 saturated heterocycles. The van der Waals surface area contributed by atoms with E-state index < -0.39 is 11.9 Å². The first-order valence-electron chi connectivity index (χ1n) is 11.8. The van der Waals surface area contributed by atoms with Crippen molar-refractivity contribution in [3.63, 3.8) is 0 Å². The maximum absolute atomic E-state index is 13.7. The van der Waals surface area contributed by atoms with E-state index in [0.29, 0.717) is 44.7 Å². The number of methoxy groups -OCH3 is 1. The molecule has 2 aromatic carbocycles. The Morgan fingerprint density at radius 1 is 1.19 bits per heavy atom. The van der Waals surface area contributed by atoms with Crippen LogP contribution in [0.15, 0.2) is 63.4 Å². The summed E-state index contributed by atoms with van der Waals surface area (Å²) in [5, 5.41) is 14.4. The third-order valence-electron chi connectivity index (χ3n) is 6.54. The van der Waals surface area contributed by atoms with E-state index in [1.807, 2.05) is 45.0 Å². The molecule has 1 aliphatic heterocycles. The fraction of sp³-hybridized carbons (Fsp3) is 0.357. The third kappa shape index (κ3) is 5.18. The van der Waals surface area contributed by atoms with E-state index in [0.717, 1.165) is 11.3 Å². The van der Waals surface area contributed by atoms with E-state index in [1.165, 1.54) is 7.11 Å². The number of ether oxygens (including phenoxy) is 2. The van der Waals surface area contributed by atoms with Gasteiger partial charge in [-0.3, -0.25) is 4.79 Å². The quantitative estimate of drug-likeness (QED) is 0.390. The maximum atomic E-state index is 13.7. The van der Waals surface area contributed by atoms with Crippen molar-refractivity contribution >= 4 is 39.3 Å². The summed E-state index contributed by atoms with van der Waals surface area (Å²) in [5.74, 6) is -0.823. The van der Waals surface area contributed by atoms with Crippen LogP contribution < -0.4 is 10.1 Å². The van der Waals surface area contributed by atoms with Crippen LogP contribution in [0.25, 0.3) is 0 Å². The average molecular weight is 575 g/mol. The molecule has 0 radical (unpaired) electrons. The van der Waals surface area contributed by atoms with Crippen LogP contribution in [0.4, 0.5) is 0 Å². The zero-order valence-corrected chi connectivity index (χ0v) is 23.0. The zero-order valence-electron chi connectivity index (χ0n) is 20.7. The molecule has 4 rings (SSSR count). The molecule has 36 heavy (non-hydrogen) atoms. The second kappa shape index (κ2) is 10.7. The summed E-state index contributed by atoms with van der Waals surface area (Å²) in [4.78, 5) is 27.1. The number of aromatic hydroxyl groups is 1. The Balaban J connectivity index is 1.82. The van der Waals surface area contributed by atoms with Crippen molar-refractivity contribution in [3.8, 4) is 11.5 Å². The smallest absolute Gasteiger partial charge is 0.336 e. The molecule has 0 amide bonds. The Morgan fingerprint density at radius 3 is 2.53 bits per heavy atom. The standard InChI is InChI=1S/C28H29BrClNO5/c1-14(2)13-36-28(34)24-15(3)31-21-10-17(16-5-7-19(30)8-6-16)11-22(32)26(21)25(24)18-9-20(29)27(33)23(12-18)35-4/h5-9,12,14,17,25,31,33H,10-11,13H2,1-4H3/t17-,25+/m1/s1. The topological polar surface area (TPSA) is 84.9 Å². The van der Waals surface area contributed by atoms with Crippen LogP contribution in [-0.2, 0) is 14.3 Å². The molecule has 0 bridgehead atoms. The number of rotatable bonds is 6. The van der Waals surface area contributed by atoms with Crippen LogP contribution in [0.3, 0.4) is 0 Å². The number of ketones is 1. The van der Waals surface area contributed by atoms with Gasteiger partial charge in [0.2, 0.25) is 0 Å². The summed E-state index contributed by atoms with van der Waals surface area (Å²) in [6, 6.07) is 11.0. The first-order chi connectivity index (χ1) is 17.1. The van der Waals surface area contributed by atoms with Crippen LogP contribution in [0.2, 0.25) is 5.02 Å². The number of allylic oxidation sites excluding steroid dienone is 3. The lowest BCUT2D eigenvalue weighted by atomic mass is 9.71. The first kappa shape index (κ1) is 26.3. The van der Waals surface area contributed by atoms with Gasteiger partial charge in [0, 0.05) is 34.3 Å². The van der Waals surface area contributed by atoms with Crippen molar-refractivity contribution < 1.29 is 24.2 Å². The molecule has 0 spiro atoms. The van der Waals surface area contributed by atoms with Gasteiger partial charge in [0.25, 0.3) is 0 Å². The van der Waals surface area contributed by atoms with Gasteiger partial charge in [0.05, 0.1) is 23.8 Å². The summed E-state index contributed by atoms with van der Waals surface area (Å²) in [5.41, 5.74) is 4.04. The van der Waals surface area contributed by atoms with Crippen molar-refractivity contribution in [3.05, 3.63) is 79.6 Å². The normalized spacial score (nSPS) is 19.8. The predicted molar refractivity (Wildman–Crippen MR) is 142 cm³/mol. The number of Topliss-reactive ketones (excluding diaryl/α,β-unsaturated/α-hetero) is 1. The zero-order chi connectivity index (χ0) is 26.1. The number of carbonyl (C=O) groups is 2. The summed E-state index contributed by atoms with van der Waals surface area (Å²) in [6.07, 6.45) is 0.920. The maximum Gasteiger partial charge on any atom is 0.336 e. The highest BCUT2D eigenvalue weighted by Gasteiger charge is 2.42. The molecule has 2 aliphatic rings. The highest BCUT2D eigenvalue weighted by Crippen LogP contribution is 2.48. The number of esters is 1. The van der Waals surface area contributed by atoms with Gasteiger partial charge in [-0.25, -0.2) is 4.79 Å². The van der Waals surface area contributed by atoms with E-state index in [-0.39, 0.29) is 35.7 Å². The Bertz CT molecular complexity index is 1270. The van der Waals surface area contributed by atoms with Crippen molar-refractivity contribution in [2.75, 3.05) is 13.7 Å². The average Bonchev–Trinajstić information content (AvgIpc) is 2.83. The number of dihydropyridines is 1. The molecule has 8 heteroatoms. The number of nitrogens with one attached hydrogen (secondary N) is 1. The molecule has 0 unspecified atom stereocenters. The Morgan fingerprint density at radius 2 is 1.89 bits per heavy atom. The van der Waals surface area contributed by atoms with Crippen LogP contribution in [-0.4, -0.2) is 30.6 Å². The van der Waals surface area contributed by atoms with Crippen molar-refractivity contribution in [1.29, 1.82) is 0 Å². The largest absolute Gasteiger partial charge is 0.503 e. The van der Waals surface area contributed by atoms with Gasteiger partial charge in [-0.2, -0.15) is 0 Å². The number of carbonyl (C=O) groups excluding carboxylic acids is 2. The van der Waals surface area contributed by atoms with E-state index >= 15 is 0 Å². The fourth-order valence-electron chi connectivity index (χ4n) is 4.85. The molecule has 0 fully saturated rings. The van der Waals surface area contributed by atoms with E-state index in [2.05, 4.69) is 21.2 Å². The van der Waals surface area contributed by atoms with Crippen molar-refractivity contribution in [2.24, 2.45) is 5.92 Å². The predicted octanol–water partition coefficient (Wildman–Crippen LogP) is 6.38. The van der Waals surface area contributed by atoms with Gasteiger partial charge in [-0.15, -0.1) is 0 Å². The second-order valence-electron chi connectivity index (χ2n) is 9.61. The van der Waals surface area contributed by atoms with E-state index in [4.69, 9.17) is 21.1 Å². The molecular weight excluding hydrogens is 546 g/mol. The SMILES string of the molecule is COc1cc([C@H]2C(C(=O)OCC(C)C)=C(C)NC3=C2C(=O)C[C@H](c2ccc(Cl)cc2)C3)cc(Br)c1O. The van der Waals surface area contributed by atoms with Crippen molar-refractivity contribution in [1.82, 2.24) is 5.32 Å². The first-order valence-corrected chi connectivity index (χ1v) is 13.0. The molecule has 1 heterocycles. The lowest BCUT2D eigenvalue weighted by Gasteiger charge is -2.37. The van der Waals surface area contributed by atoms with Crippen LogP contribution in [0, 0.1) is 5.92 Å². The molecular formula is C28H29BrClNO5. The van der Waals surface area contributed by atoms with Gasteiger partial charge in [0.15, 0.2) is 17.3 Å². The number of phenols is 1. The highest BCUT2D eigenvalue weighted by molar-refractivity contribution is 9.10. The third-order valence-corrected chi connectivity index (χ3v) is 7.40. The van der Waals surface area contributed by atoms with Gasteiger partial charge in [0.1, 0.15) is 0 Å². The Kier molecular flexibility index (Phi) is 7.81. The van der Waals surface area contributed by atoms with Crippen LogP contribution in [0.5, 0.6) is 11.5 Å². The second-order valence-corrected chi connectivity index (χ2v) is 10.9. The molecule has 6 nitrogen and oxygen atoms in total. The summed E-state index contributed by atoms with van der Waals surface area (Å²) >= 11 is 9.45. The molecule has 1 aliphatic carbocycles. The molecule has 190 valence electrons. The lowest BCUT2D eigenvalue weighted by Crippen LogP contribution is -2.36. The highest BCUT2D eigenvalue weighted by atomic mass is 79.9. The number of halogens is 2. The number of benzene rings is 2. The number of phenolic OH excluding ortho intramolecular Hbond substituents is 1. The summed E-state index contributed by atoms with van der Waals surface area (Å²) < 4.78 is 11.4. The van der Waals surface area contributed by atoms with Crippen LogP contribution in [0.1, 0.15) is 56.6 Å². The van der Waals surface area contributed by atoms with Gasteiger partial charge in [-0.1, -0.05) is 37.6 Å². The van der Waals surface area contributed by atoms with Gasteiger partial charge in [-0.05, 0) is 76.5 Å². The lowest BCUT2D eigenvalue weighted by molar-refractivity contribution is -0.140. The van der Waals surface area contributed by atoms with E-state index in [9.17, 15) is 14.7 Å². The fourth-order valence-corrected chi connectivity index (χ4v) is 5.44. The molecule has 0 saturated carbocycles. The van der Waals surface area contributed by atoms with E-state index in [1.54, 1.807) is 12.1 Å². The molecule has 2 aromatic rings. The monoisotopic (exact) mass is 573 g/mol. The summed E-state index contributed by atoms with van der Waals surface area (Å²) in [7, 11) is 1.46. The number of hydrogen-bond acceptors (Lipinski definition) is 6. The minimum Gasteiger partial charge on any atom is -0.503 e. The van der Waals surface area contributed by atoms with Crippen molar-refractivity contribution in [2.45, 2.75) is 45.4 Å².